The van der Waals surface area contributed by atoms with Gasteiger partial charge in [-0.1, -0.05) is 28.1 Å². The van der Waals surface area contributed by atoms with Gasteiger partial charge in [0, 0.05) is 36.2 Å². The summed E-state index contributed by atoms with van der Waals surface area (Å²) in [5.74, 6) is -0.623. The van der Waals surface area contributed by atoms with E-state index in [0.717, 1.165) is 48.6 Å². The number of likely N-dealkylation sites (tertiary alicyclic amines) is 1. The molecular formula is C22H23BrF2N2O. The van der Waals surface area contributed by atoms with Crippen LogP contribution < -0.4 is 5.32 Å². The van der Waals surface area contributed by atoms with Crippen molar-refractivity contribution in [2.45, 2.75) is 19.4 Å². The van der Waals surface area contributed by atoms with Crippen LogP contribution in [0.25, 0.3) is 6.08 Å². The topological polar surface area (TPSA) is 32.3 Å². The summed E-state index contributed by atoms with van der Waals surface area (Å²) in [6.45, 7) is 2.66. The highest BCUT2D eigenvalue weighted by atomic mass is 79.9. The fourth-order valence-corrected chi connectivity index (χ4v) is 3.60. The molecule has 1 N–H and O–H groups in total. The molecule has 1 saturated heterocycles. The first-order valence-electron chi connectivity index (χ1n) is 9.38. The van der Waals surface area contributed by atoms with E-state index in [-0.39, 0.29) is 5.91 Å². The molecule has 0 atom stereocenters. The summed E-state index contributed by atoms with van der Waals surface area (Å²) in [5, 5.41) is 3.27. The minimum atomic E-state index is -0.556. The van der Waals surface area contributed by atoms with Crippen LogP contribution in [0.4, 0.5) is 8.78 Å². The minimum absolute atomic E-state index is 0.0320. The Hall–Kier alpha value is -2.05. The van der Waals surface area contributed by atoms with E-state index in [2.05, 4.69) is 21.2 Å². The molecule has 28 heavy (non-hydrogen) atoms. The van der Waals surface area contributed by atoms with Crippen LogP contribution in [0.2, 0.25) is 0 Å². The molecule has 0 saturated carbocycles. The summed E-state index contributed by atoms with van der Waals surface area (Å²) < 4.78 is 27.4. The molecule has 2 aromatic rings. The molecule has 1 amide bonds. The van der Waals surface area contributed by atoms with Crippen LogP contribution in [0.15, 0.2) is 53.0 Å². The molecule has 0 aromatic heterocycles. The van der Waals surface area contributed by atoms with Gasteiger partial charge in [0.05, 0.1) is 0 Å². The van der Waals surface area contributed by atoms with Crippen molar-refractivity contribution in [2.24, 2.45) is 5.92 Å². The molecule has 0 unspecified atom stereocenters. The maximum Gasteiger partial charge on any atom is 0.246 e. The van der Waals surface area contributed by atoms with Gasteiger partial charge in [-0.05, 0) is 66.8 Å². The van der Waals surface area contributed by atoms with Crippen molar-refractivity contribution in [3.8, 4) is 0 Å². The van der Waals surface area contributed by atoms with E-state index < -0.39 is 11.6 Å². The zero-order valence-corrected chi connectivity index (χ0v) is 17.1. The monoisotopic (exact) mass is 448 g/mol. The summed E-state index contributed by atoms with van der Waals surface area (Å²) in [6.07, 6.45) is 5.30. The Morgan fingerprint density at radius 2 is 1.75 bits per heavy atom. The van der Waals surface area contributed by atoms with E-state index in [1.807, 2.05) is 35.2 Å². The molecule has 3 nitrogen and oxygen atoms in total. The normalized spacial score (nSPS) is 15.3. The number of hydrogen-bond acceptors (Lipinski definition) is 2. The number of carbonyl (C=O) groups is 1. The Morgan fingerprint density at radius 3 is 2.39 bits per heavy atom. The highest BCUT2D eigenvalue weighted by molar-refractivity contribution is 9.10. The third kappa shape index (κ3) is 6.24. The SMILES string of the molecule is O=C(/C=C/c1ccc(Br)cc1)N1CCC(CNCc2cc(F)cc(F)c2)CC1. The maximum atomic E-state index is 13.2. The molecule has 1 heterocycles. The van der Waals surface area contributed by atoms with Gasteiger partial charge in [-0.3, -0.25) is 4.79 Å². The third-order valence-electron chi connectivity index (χ3n) is 4.90. The van der Waals surface area contributed by atoms with E-state index in [4.69, 9.17) is 0 Å². The molecule has 0 bridgehead atoms. The van der Waals surface area contributed by atoms with Crippen LogP contribution in [0, 0.1) is 17.6 Å². The lowest BCUT2D eigenvalue weighted by Crippen LogP contribution is -2.40. The lowest BCUT2D eigenvalue weighted by atomic mass is 9.96. The third-order valence-corrected chi connectivity index (χ3v) is 5.43. The average molecular weight is 449 g/mol. The zero-order chi connectivity index (χ0) is 19.9. The number of halogens is 3. The summed E-state index contributed by atoms with van der Waals surface area (Å²) in [7, 11) is 0. The molecule has 1 aliphatic heterocycles. The molecule has 1 aliphatic rings. The van der Waals surface area contributed by atoms with Gasteiger partial charge in [-0.2, -0.15) is 0 Å². The number of hydrogen-bond donors (Lipinski definition) is 1. The first kappa shape index (κ1) is 20.7. The quantitative estimate of drug-likeness (QED) is 0.645. The molecule has 0 radical (unpaired) electrons. The standard InChI is InChI=1S/C22H23BrF2N2O/c23-19-4-1-16(2-5-19)3-6-22(28)27-9-7-17(8-10-27)14-26-15-18-11-20(24)13-21(25)12-18/h1-6,11-13,17,26H,7-10,14-15H2/b6-3+. The summed E-state index contributed by atoms with van der Waals surface area (Å²) >= 11 is 3.39. The fraction of sp³-hybridized carbons (Fsp3) is 0.318. The van der Waals surface area contributed by atoms with E-state index in [0.29, 0.717) is 18.0 Å². The van der Waals surface area contributed by atoms with Crippen LogP contribution in [-0.2, 0) is 11.3 Å². The fourth-order valence-electron chi connectivity index (χ4n) is 3.34. The number of amides is 1. The van der Waals surface area contributed by atoms with Crippen molar-refractivity contribution in [3.05, 3.63) is 75.8 Å². The Morgan fingerprint density at radius 1 is 1.11 bits per heavy atom. The van der Waals surface area contributed by atoms with Gasteiger partial charge in [0.2, 0.25) is 5.91 Å². The van der Waals surface area contributed by atoms with Crippen molar-refractivity contribution in [1.29, 1.82) is 0 Å². The molecule has 3 rings (SSSR count). The summed E-state index contributed by atoms with van der Waals surface area (Å²) in [6, 6.07) is 11.4. The summed E-state index contributed by atoms with van der Waals surface area (Å²) in [5.41, 5.74) is 1.59. The van der Waals surface area contributed by atoms with Gasteiger partial charge in [0.15, 0.2) is 0 Å². The maximum absolute atomic E-state index is 13.2. The first-order valence-corrected chi connectivity index (χ1v) is 10.2. The predicted octanol–water partition coefficient (Wildman–Crippen LogP) is 4.77. The second-order valence-corrected chi connectivity index (χ2v) is 7.98. The molecular weight excluding hydrogens is 426 g/mol. The number of piperidine rings is 1. The number of rotatable bonds is 6. The molecule has 0 aliphatic carbocycles. The predicted molar refractivity (Wildman–Crippen MR) is 111 cm³/mol. The van der Waals surface area contributed by atoms with Crippen molar-refractivity contribution < 1.29 is 13.6 Å². The van der Waals surface area contributed by atoms with Crippen molar-refractivity contribution in [2.75, 3.05) is 19.6 Å². The van der Waals surface area contributed by atoms with Crippen LogP contribution in [0.5, 0.6) is 0 Å². The molecule has 0 spiro atoms. The second kappa shape index (κ2) is 9.94. The smallest absolute Gasteiger partial charge is 0.246 e. The van der Waals surface area contributed by atoms with Gasteiger partial charge in [0.25, 0.3) is 0 Å². The second-order valence-electron chi connectivity index (χ2n) is 7.06. The molecule has 2 aromatic carbocycles. The number of benzene rings is 2. The van der Waals surface area contributed by atoms with Crippen LogP contribution >= 0.6 is 15.9 Å². The lowest BCUT2D eigenvalue weighted by Gasteiger charge is -2.31. The minimum Gasteiger partial charge on any atom is -0.339 e. The number of nitrogens with one attached hydrogen (secondary N) is 1. The van der Waals surface area contributed by atoms with Crippen LogP contribution in [-0.4, -0.2) is 30.4 Å². The molecule has 6 heteroatoms. The number of carbonyl (C=O) groups excluding carboxylic acids is 1. The Bertz CT molecular complexity index is 811. The van der Waals surface area contributed by atoms with Crippen LogP contribution in [0.3, 0.4) is 0 Å². The van der Waals surface area contributed by atoms with Gasteiger partial charge in [0.1, 0.15) is 11.6 Å². The molecule has 1 fully saturated rings. The van der Waals surface area contributed by atoms with Gasteiger partial charge in [-0.15, -0.1) is 0 Å². The van der Waals surface area contributed by atoms with Gasteiger partial charge in [-0.25, -0.2) is 8.78 Å². The highest BCUT2D eigenvalue weighted by Gasteiger charge is 2.21. The van der Waals surface area contributed by atoms with E-state index in [9.17, 15) is 13.6 Å². The zero-order valence-electron chi connectivity index (χ0n) is 15.5. The highest BCUT2D eigenvalue weighted by Crippen LogP contribution is 2.18. The number of nitrogens with zero attached hydrogens (tertiary/aromatic N) is 1. The summed E-state index contributed by atoms with van der Waals surface area (Å²) in [4.78, 5) is 14.2. The van der Waals surface area contributed by atoms with Crippen molar-refractivity contribution in [3.63, 3.8) is 0 Å². The Labute approximate surface area is 172 Å². The van der Waals surface area contributed by atoms with Gasteiger partial charge < -0.3 is 10.2 Å². The Kier molecular flexibility index (Phi) is 7.34. The van der Waals surface area contributed by atoms with E-state index in [1.165, 1.54) is 12.1 Å². The first-order chi connectivity index (χ1) is 13.5. The average Bonchev–Trinajstić information content (AvgIpc) is 2.67. The van der Waals surface area contributed by atoms with Crippen LogP contribution in [0.1, 0.15) is 24.0 Å². The van der Waals surface area contributed by atoms with Gasteiger partial charge >= 0.3 is 0 Å². The largest absolute Gasteiger partial charge is 0.339 e. The lowest BCUT2D eigenvalue weighted by molar-refractivity contribution is -0.127. The van der Waals surface area contributed by atoms with Crippen molar-refractivity contribution >= 4 is 27.9 Å². The van der Waals surface area contributed by atoms with E-state index in [1.54, 1.807) is 6.08 Å². The van der Waals surface area contributed by atoms with Crippen molar-refractivity contribution in [1.82, 2.24) is 10.2 Å². The molecule has 148 valence electrons. The Balaban J connectivity index is 1.40. The van der Waals surface area contributed by atoms with E-state index >= 15 is 0 Å².